The summed E-state index contributed by atoms with van der Waals surface area (Å²) in [5.74, 6) is 0.730. The molecule has 0 spiro atoms. The van der Waals surface area contributed by atoms with Crippen LogP contribution in [0.4, 0.5) is 5.82 Å². The molecule has 0 amide bonds. The minimum Gasteiger partial charge on any atom is -0.369 e. The lowest BCUT2D eigenvalue weighted by atomic mass is 10.1. The van der Waals surface area contributed by atoms with Gasteiger partial charge in [-0.2, -0.15) is 5.26 Å². The summed E-state index contributed by atoms with van der Waals surface area (Å²) >= 11 is 0. The third kappa shape index (κ3) is 2.99. The Morgan fingerprint density at radius 1 is 1.56 bits per heavy atom. The molecule has 0 saturated carbocycles. The highest BCUT2D eigenvalue weighted by Crippen LogP contribution is 2.18. The lowest BCUT2D eigenvalue weighted by Gasteiger charge is -2.13. The molecule has 4 heteroatoms. The predicted molar refractivity (Wildman–Crippen MR) is 72.6 cm³/mol. The first-order valence-corrected chi connectivity index (χ1v) is 6.56. The molecule has 1 aromatic rings. The molecule has 4 nitrogen and oxygen atoms in total. The molecule has 0 radical (unpaired) electrons. The Labute approximate surface area is 108 Å². The molecule has 1 saturated heterocycles. The molecule has 2 N–H and O–H groups in total. The minimum absolute atomic E-state index is 0.619. The lowest BCUT2D eigenvalue weighted by molar-refractivity contribution is 0.574. The SMILES string of the molecule is Cc1cc(C)c(C#N)c(NCC[C@@H]2CCCN2)n1. The van der Waals surface area contributed by atoms with E-state index in [1.807, 2.05) is 19.9 Å². The average Bonchev–Trinajstić information content (AvgIpc) is 2.81. The molecule has 96 valence electrons. The molecule has 1 aromatic heterocycles. The molecule has 1 aliphatic rings. The van der Waals surface area contributed by atoms with Crippen molar-refractivity contribution in [2.75, 3.05) is 18.4 Å². The van der Waals surface area contributed by atoms with E-state index in [-0.39, 0.29) is 0 Å². The Balaban J connectivity index is 1.97. The number of hydrogen-bond acceptors (Lipinski definition) is 4. The van der Waals surface area contributed by atoms with Gasteiger partial charge in [-0.3, -0.25) is 0 Å². The third-order valence-electron chi connectivity index (χ3n) is 3.40. The summed E-state index contributed by atoms with van der Waals surface area (Å²) in [4.78, 5) is 4.41. The molecule has 1 fully saturated rings. The average molecular weight is 244 g/mol. The van der Waals surface area contributed by atoms with Crippen molar-refractivity contribution >= 4 is 5.82 Å². The van der Waals surface area contributed by atoms with E-state index in [2.05, 4.69) is 21.7 Å². The number of rotatable bonds is 4. The van der Waals surface area contributed by atoms with Crippen LogP contribution in [-0.4, -0.2) is 24.1 Å². The molecule has 2 heterocycles. The van der Waals surface area contributed by atoms with Gasteiger partial charge in [0.15, 0.2) is 0 Å². The summed E-state index contributed by atoms with van der Waals surface area (Å²) in [6.45, 7) is 5.91. The standard InChI is InChI=1S/C14H20N4/c1-10-8-11(2)18-14(13(10)9-15)17-7-5-12-4-3-6-16-12/h8,12,16H,3-7H2,1-2H3,(H,17,18)/t12-/m0/s1. The van der Waals surface area contributed by atoms with Gasteiger partial charge in [-0.25, -0.2) is 4.98 Å². The summed E-state index contributed by atoms with van der Waals surface area (Å²) in [5, 5.41) is 15.9. The fourth-order valence-corrected chi connectivity index (χ4v) is 2.47. The van der Waals surface area contributed by atoms with Gasteiger partial charge >= 0.3 is 0 Å². The zero-order valence-electron chi connectivity index (χ0n) is 11.1. The smallest absolute Gasteiger partial charge is 0.144 e. The van der Waals surface area contributed by atoms with E-state index in [0.29, 0.717) is 11.6 Å². The molecule has 0 aromatic carbocycles. The molecule has 2 rings (SSSR count). The second kappa shape index (κ2) is 5.83. The zero-order chi connectivity index (χ0) is 13.0. The largest absolute Gasteiger partial charge is 0.369 e. The van der Waals surface area contributed by atoms with E-state index in [1.165, 1.54) is 12.8 Å². The van der Waals surface area contributed by atoms with Gasteiger partial charge in [0.1, 0.15) is 11.9 Å². The molecule has 18 heavy (non-hydrogen) atoms. The zero-order valence-corrected chi connectivity index (χ0v) is 11.1. The van der Waals surface area contributed by atoms with Gasteiger partial charge in [0, 0.05) is 18.3 Å². The van der Waals surface area contributed by atoms with Gasteiger partial charge < -0.3 is 10.6 Å². The van der Waals surface area contributed by atoms with Crippen molar-refractivity contribution in [1.82, 2.24) is 10.3 Å². The van der Waals surface area contributed by atoms with Crippen LogP contribution in [0.15, 0.2) is 6.07 Å². The van der Waals surface area contributed by atoms with Gasteiger partial charge in [-0.1, -0.05) is 0 Å². The molecule has 0 bridgehead atoms. The summed E-state index contributed by atoms with van der Waals surface area (Å²) in [6, 6.07) is 4.79. The molecule has 0 unspecified atom stereocenters. The maximum atomic E-state index is 9.16. The lowest BCUT2D eigenvalue weighted by Crippen LogP contribution is -2.24. The Hall–Kier alpha value is -1.60. The van der Waals surface area contributed by atoms with Crippen molar-refractivity contribution in [2.45, 2.75) is 39.2 Å². The van der Waals surface area contributed by atoms with Gasteiger partial charge in [0.25, 0.3) is 0 Å². The summed E-state index contributed by atoms with van der Waals surface area (Å²) in [6.07, 6.45) is 3.61. The van der Waals surface area contributed by atoms with Crippen molar-refractivity contribution in [3.63, 3.8) is 0 Å². The van der Waals surface area contributed by atoms with E-state index < -0.39 is 0 Å². The number of anilines is 1. The van der Waals surface area contributed by atoms with Crippen molar-refractivity contribution < 1.29 is 0 Å². The third-order valence-corrected chi connectivity index (χ3v) is 3.40. The van der Waals surface area contributed by atoms with Gasteiger partial charge in [0.05, 0.1) is 5.56 Å². The van der Waals surface area contributed by atoms with Crippen LogP contribution in [0.1, 0.15) is 36.1 Å². The number of aromatic nitrogens is 1. The molecular weight excluding hydrogens is 224 g/mol. The Bertz CT molecular complexity index is 456. The summed E-state index contributed by atoms with van der Waals surface area (Å²) in [7, 11) is 0. The number of aryl methyl sites for hydroxylation is 2. The van der Waals surface area contributed by atoms with E-state index >= 15 is 0 Å². The molecule has 0 aliphatic carbocycles. The highest BCUT2D eigenvalue weighted by Gasteiger charge is 2.14. The highest BCUT2D eigenvalue weighted by atomic mass is 15.0. The maximum Gasteiger partial charge on any atom is 0.144 e. The Morgan fingerprint density at radius 3 is 3.06 bits per heavy atom. The fraction of sp³-hybridized carbons (Fsp3) is 0.571. The molecular formula is C14H20N4. The van der Waals surface area contributed by atoms with Crippen LogP contribution in [0.25, 0.3) is 0 Å². The second-order valence-corrected chi connectivity index (χ2v) is 4.92. The normalized spacial score (nSPS) is 18.6. The molecule has 1 atom stereocenters. The summed E-state index contributed by atoms with van der Waals surface area (Å²) < 4.78 is 0. The number of nitrogens with one attached hydrogen (secondary N) is 2. The number of nitriles is 1. The van der Waals surface area contributed by atoms with Crippen molar-refractivity contribution in [2.24, 2.45) is 0 Å². The van der Waals surface area contributed by atoms with E-state index in [9.17, 15) is 0 Å². The van der Waals surface area contributed by atoms with E-state index in [4.69, 9.17) is 5.26 Å². The Morgan fingerprint density at radius 2 is 2.39 bits per heavy atom. The first kappa shape index (κ1) is 12.8. The number of pyridine rings is 1. The van der Waals surface area contributed by atoms with Gasteiger partial charge in [-0.05, 0) is 51.3 Å². The first-order chi connectivity index (χ1) is 8.70. The monoisotopic (exact) mass is 244 g/mol. The van der Waals surface area contributed by atoms with Crippen molar-refractivity contribution in [3.8, 4) is 6.07 Å². The topological polar surface area (TPSA) is 60.7 Å². The van der Waals surface area contributed by atoms with Crippen LogP contribution in [0.2, 0.25) is 0 Å². The van der Waals surface area contributed by atoms with E-state index in [0.717, 1.165) is 36.6 Å². The van der Waals surface area contributed by atoms with Crippen molar-refractivity contribution in [3.05, 3.63) is 22.9 Å². The number of hydrogen-bond donors (Lipinski definition) is 2. The van der Waals surface area contributed by atoms with Gasteiger partial charge in [0.2, 0.25) is 0 Å². The minimum atomic E-state index is 0.619. The quantitative estimate of drug-likeness (QED) is 0.851. The predicted octanol–water partition coefficient (Wildman–Crippen LogP) is 2.12. The van der Waals surface area contributed by atoms with Gasteiger partial charge in [-0.15, -0.1) is 0 Å². The van der Waals surface area contributed by atoms with E-state index in [1.54, 1.807) is 0 Å². The van der Waals surface area contributed by atoms with Crippen LogP contribution in [0.3, 0.4) is 0 Å². The van der Waals surface area contributed by atoms with Crippen LogP contribution in [0, 0.1) is 25.2 Å². The fourth-order valence-electron chi connectivity index (χ4n) is 2.47. The van der Waals surface area contributed by atoms with Crippen LogP contribution in [-0.2, 0) is 0 Å². The Kier molecular flexibility index (Phi) is 4.16. The summed E-state index contributed by atoms with van der Waals surface area (Å²) in [5.41, 5.74) is 2.61. The molecule has 1 aliphatic heterocycles. The second-order valence-electron chi connectivity index (χ2n) is 4.92. The highest BCUT2D eigenvalue weighted by molar-refractivity contribution is 5.56. The maximum absolute atomic E-state index is 9.16. The van der Waals surface area contributed by atoms with Crippen LogP contribution in [0.5, 0.6) is 0 Å². The van der Waals surface area contributed by atoms with Crippen molar-refractivity contribution in [1.29, 1.82) is 5.26 Å². The number of nitrogens with zero attached hydrogens (tertiary/aromatic N) is 2. The van der Waals surface area contributed by atoms with Crippen LogP contribution < -0.4 is 10.6 Å². The van der Waals surface area contributed by atoms with Crippen LogP contribution >= 0.6 is 0 Å². The first-order valence-electron chi connectivity index (χ1n) is 6.56.